The number of benzene rings is 2. The van der Waals surface area contributed by atoms with E-state index in [0.29, 0.717) is 11.5 Å². The maximum absolute atomic E-state index is 12.3. The number of rotatable bonds is 12. The molecule has 210 valence electrons. The van der Waals surface area contributed by atoms with Crippen molar-refractivity contribution in [3.05, 3.63) is 59.7 Å². The number of hydrogen-bond acceptors (Lipinski definition) is 8. The molecule has 1 atom stereocenters. The van der Waals surface area contributed by atoms with E-state index in [2.05, 4.69) is 41.5 Å². The second-order valence-electron chi connectivity index (χ2n) is 10.8. The van der Waals surface area contributed by atoms with Gasteiger partial charge in [0.25, 0.3) is 10.1 Å². The monoisotopic (exact) mass is 550 g/mol. The summed E-state index contributed by atoms with van der Waals surface area (Å²) in [7, 11) is -4.90. The van der Waals surface area contributed by atoms with E-state index in [-0.39, 0.29) is 37.3 Å². The second kappa shape index (κ2) is 13.1. The normalized spacial score (nSPS) is 12.9. The quantitative estimate of drug-likeness (QED) is 0.231. The molecule has 0 unspecified atom stereocenters. The highest BCUT2D eigenvalue weighted by Crippen LogP contribution is 2.25. The molecule has 0 aliphatic carbocycles. The van der Waals surface area contributed by atoms with Crippen LogP contribution in [0.1, 0.15) is 59.1 Å². The van der Waals surface area contributed by atoms with Crippen LogP contribution in [0.15, 0.2) is 48.5 Å². The fourth-order valence-electron chi connectivity index (χ4n) is 3.33. The topological polar surface area (TPSA) is 125 Å². The van der Waals surface area contributed by atoms with Gasteiger partial charge in [0, 0.05) is 0 Å². The zero-order valence-electron chi connectivity index (χ0n) is 22.9. The fraction of sp³-hybridized carbons (Fsp3) is 0.500. The fourth-order valence-corrected chi connectivity index (χ4v) is 3.99. The van der Waals surface area contributed by atoms with Gasteiger partial charge in [-0.15, -0.1) is 0 Å². The summed E-state index contributed by atoms with van der Waals surface area (Å²) in [4.78, 5) is 24.4. The molecule has 1 N–H and O–H groups in total. The van der Waals surface area contributed by atoms with Gasteiger partial charge in [0.15, 0.2) is 5.25 Å². The maximum Gasteiger partial charge on any atom is 0.327 e. The SMILES string of the molecule is CC(C)(C)c1ccc(OCCOC(=O)C[C@@H](C(=O)OCCOc2ccc(C(C)(C)C)cc2)S(=O)(=O)O)cc1. The summed E-state index contributed by atoms with van der Waals surface area (Å²) in [5, 5.41) is -2.10. The molecule has 0 fully saturated rings. The number of carbonyl (C=O) groups excluding carboxylic acids is 2. The van der Waals surface area contributed by atoms with Crippen molar-refractivity contribution in [2.75, 3.05) is 26.4 Å². The molecule has 0 saturated heterocycles. The van der Waals surface area contributed by atoms with E-state index >= 15 is 0 Å². The zero-order chi connectivity index (χ0) is 28.6. The molecule has 2 aromatic rings. The Labute approximate surface area is 225 Å². The van der Waals surface area contributed by atoms with Gasteiger partial charge in [-0.2, -0.15) is 8.42 Å². The van der Waals surface area contributed by atoms with E-state index in [0.717, 1.165) is 11.1 Å². The Hall–Kier alpha value is -3.11. The minimum Gasteiger partial charge on any atom is -0.490 e. The molecule has 0 aliphatic heterocycles. The predicted molar refractivity (Wildman–Crippen MR) is 143 cm³/mol. The van der Waals surface area contributed by atoms with Gasteiger partial charge in [0.05, 0.1) is 6.42 Å². The zero-order valence-corrected chi connectivity index (χ0v) is 23.7. The lowest BCUT2D eigenvalue weighted by molar-refractivity contribution is -0.150. The van der Waals surface area contributed by atoms with Crippen LogP contribution < -0.4 is 9.47 Å². The lowest BCUT2D eigenvalue weighted by atomic mass is 9.87. The first-order valence-corrected chi connectivity index (χ1v) is 13.8. The van der Waals surface area contributed by atoms with Crippen LogP contribution in [0.5, 0.6) is 11.5 Å². The Morgan fingerprint density at radius 2 is 1.11 bits per heavy atom. The van der Waals surface area contributed by atoms with E-state index in [9.17, 15) is 22.6 Å². The van der Waals surface area contributed by atoms with Crippen molar-refractivity contribution in [1.29, 1.82) is 0 Å². The molecule has 0 amide bonds. The molecule has 10 heteroatoms. The Morgan fingerprint density at radius 3 is 1.47 bits per heavy atom. The standard InChI is InChI=1S/C28H38O9S/c1-27(2,3)20-7-11-22(12-8-20)34-15-17-36-25(29)19-24(38(31,32)33)26(30)37-18-16-35-23-13-9-21(10-14-23)28(4,5)6/h7-14,24H,15-19H2,1-6H3,(H,31,32,33)/t24-/m0/s1. The Kier molecular flexibility index (Phi) is 10.7. The Morgan fingerprint density at radius 1 is 0.711 bits per heavy atom. The van der Waals surface area contributed by atoms with Gasteiger partial charge < -0.3 is 18.9 Å². The first-order valence-electron chi connectivity index (χ1n) is 12.3. The highest BCUT2D eigenvalue weighted by Gasteiger charge is 2.35. The average molecular weight is 551 g/mol. The van der Waals surface area contributed by atoms with E-state index in [4.69, 9.17) is 18.9 Å². The molecule has 0 heterocycles. The number of ether oxygens (including phenoxy) is 4. The molecule has 2 aromatic carbocycles. The van der Waals surface area contributed by atoms with Crippen LogP contribution in [0.4, 0.5) is 0 Å². The predicted octanol–water partition coefficient (Wildman–Crippen LogP) is 4.47. The molecule has 9 nitrogen and oxygen atoms in total. The van der Waals surface area contributed by atoms with Crippen LogP contribution in [0, 0.1) is 0 Å². The Bertz CT molecular complexity index is 1160. The molecule has 0 aromatic heterocycles. The van der Waals surface area contributed by atoms with Crippen LogP contribution in [-0.4, -0.2) is 56.6 Å². The first kappa shape index (κ1) is 31.1. The summed E-state index contributed by atoms with van der Waals surface area (Å²) in [5.41, 5.74) is 2.26. The molecule has 2 rings (SSSR count). The number of esters is 2. The highest BCUT2D eigenvalue weighted by atomic mass is 32.2. The van der Waals surface area contributed by atoms with Crippen molar-refractivity contribution in [2.45, 2.75) is 64.0 Å². The molecular formula is C28H38O9S. The van der Waals surface area contributed by atoms with Gasteiger partial charge in [-0.1, -0.05) is 65.8 Å². The van der Waals surface area contributed by atoms with Crippen LogP contribution >= 0.6 is 0 Å². The van der Waals surface area contributed by atoms with Crippen molar-refractivity contribution >= 4 is 22.1 Å². The molecular weight excluding hydrogens is 512 g/mol. The second-order valence-corrected chi connectivity index (χ2v) is 12.4. The van der Waals surface area contributed by atoms with Crippen molar-refractivity contribution in [2.24, 2.45) is 0 Å². The van der Waals surface area contributed by atoms with Crippen molar-refractivity contribution in [1.82, 2.24) is 0 Å². The first-order chi connectivity index (χ1) is 17.6. The van der Waals surface area contributed by atoms with Gasteiger partial charge in [-0.3, -0.25) is 14.1 Å². The largest absolute Gasteiger partial charge is 0.490 e. The van der Waals surface area contributed by atoms with Gasteiger partial charge in [0.2, 0.25) is 0 Å². The van der Waals surface area contributed by atoms with Gasteiger partial charge >= 0.3 is 11.9 Å². The minimum atomic E-state index is -4.90. The summed E-state index contributed by atoms with van der Waals surface area (Å²) < 4.78 is 53.7. The lowest BCUT2D eigenvalue weighted by Crippen LogP contribution is -2.35. The lowest BCUT2D eigenvalue weighted by Gasteiger charge is -2.19. The third-order valence-corrected chi connectivity index (χ3v) is 6.70. The number of hydrogen-bond donors (Lipinski definition) is 1. The van der Waals surface area contributed by atoms with Crippen molar-refractivity contribution < 1.29 is 41.5 Å². The number of carbonyl (C=O) groups is 2. The van der Waals surface area contributed by atoms with Crippen molar-refractivity contribution in [3.63, 3.8) is 0 Å². The molecule has 0 aliphatic rings. The highest BCUT2D eigenvalue weighted by molar-refractivity contribution is 7.87. The van der Waals surface area contributed by atoms with E-state index in [1.807, 2.05) is 24.3 Å². The maximum atomic E-state index is 12.3. The van der Waals surface area contributed by atoms with Gasteiger partial charge in [0.1, 0.15) is 37.9 Å². The summed E-state index contributed by atoms with van der Waals surface area (Å²) in [6.45, 7) is 12.1. The average Bonchev–Trinajstić information content (AvgIpc) is 2.81. The smallest absolute Gasteiger partial charge is 0.327 e. The van der Waals surface area contributed by atoms with Crippen LogP contribution in [0.2, 0.25) is 0 Å². The van der Waals surface area contributed by atoms with Crippen LogP contribution in [-0.2, 0) is 40.0 Å². The Balaban J connectivity index is 1.76. The van der Waals surface area contributed by atoms with Crippen LogP contribution in [0.3, 0.4) is 0 Å². The van der Waals surface area contributed by atoms with Gasteiger partial charge in [-0.25, -0.2) is 0 Å². The van der Waals surface area contributed by atoms with Crippen molar-refractivity contribution in [3.8, 4) is 11.5 Å². The summed E-state index contributed by atoms with van der Waals surface area (Å²) in [5.74, 6) is -1.13. The molecule has 0 radical (unpaired) electrons. The third-order valence-electron chi connectivity index (χ3n) is 5.63. The molecule has 0 saturated carbocycles. The molecule has 0 bridgehead atoms. The molecule has 38 heavy (non-hydrogen) atoms. The van der Waals surface area contributed by atoms with Crippen LogP contribution in [0.25, 0.3) is 0 Å². The summed E-state index contributed by atoms with van der Waals surface area (Å²) >= 11 is 0. The minimum absolute atomic E-state index is 0.00415. The van der Waals surface area contributed by atoms with E-state index in [1.165, 1.54) is 0 Å². The van der Waals surface area contributed by atoms with E-state index in [1.54, 1.807) is 24.3 Å². The summed E-state index contributed by atoms with van der Waals surface area (Å²) in [6, 6.07) is 14.9. The van der Waals surface area contributed by atoms with E-state index < -0.39 is 33.7 Å². The third kappa shape index (κ3) is 10.3. The molecule has 0 spiro atoms. The summed E-state index contributed by atoms with van der Waals surface area (Å²) in [6.07, 6.45) is -0.896. The van der Waals surface area contributed by atoms with Gasteiger partial charge in [-0.05, 0) is 46.2 Å².